The molecule has 6 nitrogen and oxygen atoms in total. The SMILES string of the molecule is CN(C1CCN(c2nc(N)n[nH]2)CC1)C(Cc1ccccc1)C(F)(F)F. The van der Waals surface area contributed by atoms with Crippen molar-refractivity contribution >= 4 is 11.9 Å². The molecule has 1 aromatic carbocycles. The van der Waals surface area contributed by atoms with Crippen LogP contribution in [-0.4, -0.2) is 58.5 Å². The maximum atomic E-state index is 13.7. The van der Waals surface area contributed by atoms with Gasteiger partial charge in [-0.2, -0.15) is 18.2 Å². The summed E-state index contributed by atoms with van der Waals surface area (Å²) in [6.45, 7) is 1.22. The lowest BCUT2D eigenvalue weighted by Gasteiger charge is -2.40. The second-order valence-electron chi connectivity index (χ2n) is 6.65. The van der Waals surface area contributed by atoms with Crippen LogP contribution < -0.4 is 10.6 Å². The predicted molar refractivity (Wildman–Crippen MR) is 93.8 cm³/mol. The molecule has 26 heavy (non-hydrogen) atoms. The van der Waals surface area contributed by atoms with Crippen LogP contribution in [0.4, 0.5) is 25.1 Å². The first-order valence-electron chi connectivity index (χ1n) is 8.60. The van der Waals surface area contributed by atoms with Crippen molar-refractivity contribution in [3.05, 3.63) is 35.9 Å². The van der Waals surface area contributed by atoms with Gasteiger partial charge >= 0.3 is 6.18 Å². The first kappa shape index (κ1) is 18.5. The lowest BCUT2D eigenvalue weighted by Crippen LogP contribution is -2.53. The first-order chi connectivity index (χ1) is 12.3. The van der Waals surface area contributed by atoms with Gasteiger partial charge in [-0.15, -0.1) is 5.10 Å². The normalized spacial score (nSPS) is 17.7. The third kappa shape index (κ3) is 4.27. The molecule has 1 aliphatic rings. The van der Waals surface area contributed by atoms with E-state index in [0.717, 1.165) is 0 Å². The van der Waals surface area contributed by atoms with E-state index in [9.17, 15) is 13.2 Å². The maximum Gasteiger partial charge on any atom is 0.404 e. The van der Waals surface area contributed by atoms with Crippen molar-refractivity contribution in [1.82, 2.24) is 20.1 Å². The minimum atomic E-state index is -4.28. The molecule has 1 saturated heterocycles. The Balaban J connectivity index is 1.65. The van der Waals surface area contributed by atoms with E-state index in [1.165, 1.54) is 4.90 Å². The summed E-state index contributed by atoms with van der Waals surface area (Å²) < 4.78 is 41.0. The molecule has 0 saturated carbocycles. The van der Waals surface area contributed by atoms with E-state index in [1.54, 1.807) is 31.3 Å². The Kier molecular flexibility index (Phi) is 5.36. The topological polar surface area (TPSA) is 74.1 Å². The summed E-state index contributed by atoms with van der Waals surface area (Å²) in [4.78, 5) is 7.53. The van der Waals surface area contributed by atoms with Crippen molar-refractivity contribution in [1.29, 1.82) is 0 Å². The zero-order valence-corrected chi connectivity index (χ0v) is 14.6. The van der Waals surface area contributed by atoms with Crippen molar-refractivity contribution in [3.63, 3.8) is 0 Å². The number of likely N-dealkylation sites (N-methyl/N-ethyl adjacent to an activating group) is 1. The van der Waals surface area contributed by atoms with E-state index in [0.29, 0.717) is 37.4 Å². The minimum absolute atomic E-state index is 0.0420. The molecule has 1 unspecified atom stereocenters. The van der Waals surface area contributed by atoms with Crippen LogP contribution in [0.1, 0.15) is 18.4 Å². The third-order valence-electron chi connectivity index (χ3n) is 4.97. The van der Waals surface area contributed by atoms with E-state index in [1.807, 2.05) is 11.0 Å². The molecule has 2 aromatic rings. The average Bonchev–Trinajstić information content (AvgIpc) is 3.06. The lowest BCUT2D eigenvalue weighted by molar-refractivity contribution is -0.186. The van der Waals surface area contributed by atoms with E-state index < -0.39 is 12.2 Å². The number of hydrogen-bond donors (Lipinski definition) is 2. The predicted octanol–water partition coefficient (Wildman–Crippen LogP) is 2.46. The highest BCUT2D eigenvalue weighted by atomic mass is 19.4. The molecule has 1 atom stereocenters. The minimum Gasteiger partial charge on any atom is -0.366 e. The highest BCUT2D eigenvalue weighted by molar-refractivity contribution is 5.34. The fraction of sp³-hybridized carbons (Fsp3) is 0.529. The highest BCUT2D eigenvalue weighted by Gasteiger charge is 2.44. The van der Waals surface area contributed by atoms with Crippen molar-refractivity contribution < 1.29 is 13.2 Å². The standard InChI is InChI=1S/C17H23F3N6/c1-25(14(17(18,19)20)11-12-5-3-2-4-6-12)13-7-9-26(10-8-13)16-22-15(21)23-24-16/h2-6,13-14H,7-11H2,1H3,(H3,21,22,23,24). The summed E-state index contributed by atoms with van der Waals surface area (Å²) >= 11 is 0. The number of rotatable bonds is 5. The molecule has 0 radical (unpaired) electrons. The number of aromatic nitrogens is 3. The molecule has 3 rings (SSSR count). The zero-order chi connectivity index (χ0) is 18.7. The van der Waals surface area contributed by atoms with Gasteiger partial charge in [-0.05, 0) is 31.9 Å². The van der Waals surface area contributed by atoms with E-state index in [4.69, 9.17) is 5.73 Å². The van der Waals surface area contributed by atoms with Crippen LogP contribution in [0.3, 0.4) is 0 Å². The molecular formula is C17H23F3N6. The zero-order valence-electron chi connectivity index (χ0n) is 14.6. The van der Waals surface area contributed by atoms with Gasteiger partial charge < -0.3 is 10.6 Å². The quantitative estimate of drug-likeness (QED) is 0.848. The first-order valence-corrected chi connectivity index (χ1v) is 8.60. The largest absolute Gasteiger partial charge is 0.404 e. The van der Waals surface area contributed by atoms with Crippen molar-refractivity contribution in [2.24, 2.45) is 0 Å². The van der Waals surface area contributed by atoms with Crippen molar-refractivity contribution in [2.75, 3.05) is 30.8 Å². The molecule has 0 amide bonds. The Morgan fingerprint density at radius 3 is 2.46 bits per heavy atom. The Morgan fingerprint density at radius 1 is 1.27 bits per heavy atom. The molecule has 0 spiro atoms. The summed E-state index contributed by atoms with van der Waals surface area (Å²) in [6.07, 6.45) is -3.07. The number of piperidine rings is 1. The molecule has 3 N–H and O–H groups in total. The van der Waals surface area contributed by atoms with Crippen LogP contribution >= 0.6 is 0 Å². The van der Waals surface area contributed by atoms with Gasteiger partial charge in [-0.3, -0.25) is 4.90 Å². The number of alkyl halides is 3. The number of benzene rings is 1. The van der Waals surface area contributed by atoms with Gasteiger partial charge in [0.05, 0.1) is 0 Å². The summed E-state index contributed by atoms with van der Waals surface area (Å²) in [7, 11) is 1.58. The molecule has 1 fully saturated rings. The summed E-state index contributed by atoms with van der Waals surface area (Å²) in [5, 5.41) is 6.54. The van der Waals surface area contributed by atoms with E-state index >= 15 is 0 Å². The van der Waals surface area contributed by atoms with Gasteiger partial charge in [-0.25, -0.2) is 5.10 Å². The van der Waals surface area contributed by atoms with E-state index in [-0.39, 0.29) is 18.4 Å². The average molecular weight is 368 g/mol. The van der Waals surface area contributed by atoms with Gasteiger partial charge in [0.25, 0.3) is 0 Å². The van der Waals surface area contributed by atoms with Crippen LogP contribution in [0.2, 0.25) is 0 Å². The van der Waals surface area contributed by atoms with Crippen LogP contribution in [0.5, 0.6) is 0 Å². The maximum absolute atomic E-state index is 13.7. The highest BCUT2D eigenvalue weighted by Crippen LogP contribution is 2.31. The number of H-pyrrole nitrogens is 1. The lowest BCUT2D eigenvalue weighted by atomic mass is 9.98. The van der Waals surface area contributed by atoms with Gasteiger partial charge in [0.2, 0.25) is 11.9 Å². The monoisotopic (exact) mass is 368 g/mol. The summed E-state index contributed by atoms with van der Waals surface area (Å²) in [5.74, 6) is 0.736. The van der Waals surface area contributed by atoms with Crippen LogP contribution in [0.15, 0.2) is 30.3 Å². The molecule has 0 aliphatic carbocycles. The molecule has 1 aliphatic heterocycles. The summed E-state index contributed by atoms with van der Waals surface area (Å²) in [6, 6.07) is 7.19. The van der Waals surface area contributed by atoms with E-state index in [2.05, 4.69) is 15.2 Å². The molecule has 9 heteroatoms. The van der Waals surface area contributed by atoms with Crippen molar-refractivity contribution in [2.45, 2.75) is 37.5 Å². The van der Waals surface area contributed by atoms with Gasteiger partial charge in [0.1, 0.15) is 6.04 Å². The number of hydrogen-bond acceptors (Lipinski definition) is 5. The second kappa shape index (κ2) is 7.53. The summed E-state index contributed by atoms with van der Waals surface area (Å²) in [5.41, 5.74) is 6.20. The Bertz CT molecular complexity index is 694. The fourth-order valence-corrected chi connectivity index (χ4v) is 3.47. The second-order valence-corrected chi connectivity index (χ2v) is 6.65. The number of nitrogens with one attached hydrogen (secondary N) is 1. The Morgan fingerprint density at radius 2 is 1.92 bits per heavy atom. The number of aromatic amines is 1. The Hall–Kier alpha value is -2.29. The van der Waals surface area contributed by atoms with Crippen LogP contribution in [-0.2, 0) is 6.42 Å². The van der Waals surface area contributed by atoms with Crippen LogP contribution in [0.25, 0.3) is 0 Å². The number of halogens is 3. The van der Waals surface area contributed by atoms with Gasteiger partial charge in [-0.1, -0.05) is 30.3 Å². The third-order valence-corrected chi connectivity index (χ3v) is 4.97. The Labute approximate surface area is 150 Å². The molecule has 2 heterocycles. The molecule has 0 bridgehead atoms. The smallest absolute Gasteiger partial charge is 0.366 e. The number of nitrogens with zero attached hydrogens (tertiary/aromatic N) is 4. The number of nitrogens with two attached hydrogens (primary N) is 1. The number of nitrogen functional groups attached to an aromatic ring is 1. The number of anilines is 2. The van der Waals surface area contributed by atoms with Gasteiger partial charge in [0, 0.05) is 19.1 Å². The van der Waals surface area contributed by atoms with Crippen LogP contribution in [0, 0.1) is 0 Å². The van der Waals surface area contributed by atoms with Gasteiger partial charge in [0.15, 0.2) is 0 Å². The van der Waals surface area contributed by atoms with Crippen molar-refractivity contribution in [3.8, 4) is 0 Å². The molecule has 142 valence electrons. The molecule has 1 aromatic heterocycles. The molecular weight excluding hydrogens is 345 g/mol. The fourth-order valence-electron chi connectivity index (χ4n) is 3.47.